The molecule has 2 fully saturated rings. The highest BCUT2D eigenvalue weighted by Gasteiger charge is 2.27. The number of benzene rings is 2. The second kappa shape index (κ2) is 10.2. The number of carbonyl (C=O) groups is 1. The van der Waals surface area contributed by atoms with E-state index in [1.807, 2.05) is 4.90 Å². The van der Waals surface area contributed by atoms with Gasteiger partial charge < -0.3 is 9.80 Å². The highest BCUT2D eigenvalue weighted by molar-refractivity contribution is 6.35. The Morgan fingerprint density at radius 1 is 0.833 bits per heavy atom. The first-order chi connectivity index (χ1) is 14.6. The average Bonchev–Trinajstić information content (AvgIpc) is 2.75. The van der Waals surface area contributed by atoms with E-state index in [1.54, 1.807) is 18.2 Å². The van der Waals surface area contributed by atoms with Crippen LogP contribution in [-0.4, -0.2) is 48.4 Å². The normalized spacial score (nSPS) is 19.2. The van der Waals surface area contributed by atoms with Crippen LogP contribution in [0.1, 0.15) is 41.6 Å². The van der Waals surface area contributed by atoms with E-state index in [9.17, 15) is 4.79 Å². The van der Waals surface area contributed by atoms with Gasteiger partial charge in [0.05, 0.1) is 0 Å². The van der Waals surface area contributed by atoms with E-state index in [0.29, 0.717) is 21.5 Å². The molecule has 0 aromatic heterocycles. The van der Waals surface area contributed by atoms with Gasteiger partial charge in [-0.15, -0.1) is 0 Å². The number of hydrogen-bond donors (Lipinski definition) is 0. The minimum absolute atomic E-state index is 0.0413. The number of piperidine rings is 2. The summed E-state index contributed by atoms with van der Waals surface area (Å²) in [6, 6.07) is 16.0. The second-order valence-electron chi connectivity index (χ2n) is 8.83. The Bertz CT molecular complexity index is 821. The molecular weight excluding hydrogens is 415 g/mol. The van der Waals surface area contributed by atoms with E-state index >= 15 is 0 Å². The standard InChI is InChI=1S/C25H30Cl2N2O/c26-23-15-22(16-24(27)17-23)25(30)29-12-8-21(9-13-29)18-28-10-6-20(7-11-28)14-19-4-2-1-3-5-19/h1-5,15-17,20-21H,6-14,18H2. The van der Waals surface area contributed by atoms with Gasteiger partial charge in [0, 0.05) is 35.2 Å². The quantitative estimate of drug-likeness (QED) is 0.581. The minimum Gasteiger partial charge on any atom is -0.339 e. The van der Waals surface area contributed by atoms with E-state index in [0.717, 1.165) is 31.8 Å². The lowest BCUT2D eigenvalue weighted by atomic mass is 9.89. The van der Waals surface area contributed by atoms with Crippen molar-refractivity contribution in [1.29, 1.82) is 0 Å². The molecular formula is C25H30Cl2N2O. The molecule has 2 aliphatic rings. The van der Waals surface area contributed by atoms with Gasteiger partial charge in [0.1, 0.15) is 0 Å². The molecule has 0 radical (unpaired) electrons. The molecule has 2 aromatic carbocycles. The molecule has 0 atom stereocenters. The Kier molecular flexibility index (Phi) is 7.35. The third-order valence-corrected chi connectivity index (χ3v) is 7.04. The summed E-state index contributed by atoms with van der Waals surface area (Å²) in [6.45, 7) is 5.22. The van der Waals surface area contributed by atoms with Crippen molar-refractivity contribution in [1.82, 2.24) is 9.80 Å². The van der Waals surface area contributed by atoms with E-state index in [2.05, 4.69) is 35.2 Å². The molecule has 2 heterocycles. The van der Waals surface area contributed by atoms with Crippen LogP contribution in [0.4, 0.5) is 0 Å². The smallest absolute Gasteiger partial charge is 0.253 e. The molecule has 30 heavy (non-hydrogen) atoms. The first kappa shape index (κ1) is 21.7. The average molecular weight is 445 g/mol. The predicted molar refractivity (Wildman–Crippen MR) is 124 cm³/mol. The first-order valence-electron chi connectivity index (χ1n) is 11.1. The molecule has 2 aromatic rings. The topological polar surface area (TPSA) is 23.6 Å². The number of rotatable bonds is 5. The second-order valence-corrected chi connectivity index (χ2v) is 9.70. The van der Waals surface area contributed by atoms with Crippen molar-refractivity contribution >= 4 is 29.1 Å². The number of hydrogen-bond acceptors (Lipinski definition) is 2. The maximum absolute atomic E-state index is 12.8. The molecule has 2 saturated heterocycles. The van der Waals surface area contributed by atoms with Gasteiger partial charge in [0.25, 0.3) is 5.91 Å². The third-order valence-electron chi connectivity index (χ3n) is 6.60. The summed E-state index contributed by atoms with van der Waals surface area (Å²) in [5.41, 5.74) is 2.06. The summed E-state index contributed by atoms with van der Waals surface area (Å²) in [7, 11) is 0. The van der Waals surface area contributed by atoms with Gasteiger partial charge >= 0.3 is 0 Å². The van der Waals surface area contributed by atoms with Crippen LogP contribution >= 0.6 is 23.2 Å². The molecule has 4 rings (SSSR count). The van der Waals surface area contributed by atoms with Crippen molar-refractivity contribution in [3.05, 3.63) is 69.7 Å². The summed E-state index contributed by atoms with van der Waals surface area (Å²) in [5.74, 6) is 1.54. The third kappa shape index (κ3) is 5.78. The molecule has 2 aliphatic heterocycles. The van der Waals surface area contributed by atoms with E-state index < -0.39 is 0 Å². The van der Waals surface area contributed by atoms with Gasteiger partial charge in [-0.2, -0.15) is 0 Å². The zero-order valence-corrected chi connectivity index (χ0v) is 18.9. The molecule has 0 saturated carbocycles. The van der Waals surface area contributed by atoms with Crippen LogP contribution in [0.2, 0.25) is 10.0 Å². The highest BCUT2D eigenvalue weighted by atomic mass is 35.5. The van der Waals surface area contributed by atoms with Crippen molar-refractivity contribution in [3.8, 4) is 0 Å². The van der Waals surface area contributed by atoms with Crippen LogP contribution in [-0.2, 0) is 6.42 Å². The fraction of sp³-hybridized carbons (Fsp3) is 0.480. The molecule has 0 unspecified atom stereocenters. The summed E-state index contributed by atoms with van der Waals surface area (Å²) >= 11 is 12.1. The molecule has 0 bridgehead atoms. The molecule has 160 valence electrons. The van der Waals surface area contributed by atoms with E-state index in [1.165, 1.54) is 44.5 Å². The number of carbonyl (C=O) groups excluding carboxylic acids is 1. The van der Waals surface area contributed by atoms with E-state index in [4.69, 9.17) is 23.2 Å². The van der Waals surface area contributed by atoms with Crippen molar-refractivity contribution in [2.45, 2.75) is 32.1 Å². The van der Waals surface area contributed by atoms with Gasteiger partial charge in [-0.1, -0.05) is 53.5 Å². The Balaban J connectivity index is 1.20. The first-order valence-corrected chi connectivity index (χ1v) is 11.8. The van der Waals surface area contributed by atoms with Gasteiger partial charge in [-0.05, 0) is 80.8 Å². The summed E-state index contributed by atoms with van der Waals surface area (Å²) in [5, 5.41) is 1.02. The highest BCUT2D eigenvalue weighted by Crippen LogP contribution is 2.26. The lowest BCUT2D eigenvalue weighted by Crippen LogP contribution is -2.43. The fourth-order valence-electron chi connectivity index (χ4n) is 4.86. The number of halogens is 2. The van der Waals surface area contributed by atoms with E-state index in [-0.39, 0.29) is 5.91 Å². The lowest BCUT2D eigenvalue weighted by molar-refractivity contribution is 0.0652. The zero-order chi connectivity index (χ0) is 20.9. The van der Waals surface area contributed by atoms with Crippen molar-refractivity contribution in [2.75, 3.05) is 32.7 Å². The van der Waals surface area contributed by atoms with Gasteiger partial charge in [0.15, 0.2) is 0 Å². The SMILES string of the molecule is O=C(c1cc(Cl)cc(Cl)c1)N1CCC(CN2CCC(Cc3ccccc3)CC2)CC1. The lowest BCUT2D eigenvalue weighted by Gasteiger charge is -2.37. The molecule has 3 nitrogen and oxygen atoms in total. The van der Waals surface area contributed by atoms with Crippen LogP contribution < -0.4 is 0 Å². The molecule has 0 N–H and O–H groups in total. The van der Waals surface area contributed by atoms with Crippen LogP contribution in [0.25, 0.3) is 0 Å². The van der Waals surface area contributed by atoms with Crippen molar-refractivity contribution in [3.63, 3.8) is 0 Å². The Labute approximate surface area is 190 Å². The number of amides is 1. The zero-order valence-electron chi connectivity index (χ0n) is 17.4. The molecule has 1 amide bonds. The summed E-state index contributed by atoms with van der Waals surface area (Å²) in [4.78, 5) is 17.4. The Morgan fingerprint density at radius 3 is 2.07 bits per heavy atom. The minimum atomic E-state index is 0.0413. The monoisotopic (exact) mass is 444 g/mol. The molecule has 0 spiro atoms. The van der Waals surface area contributed by atoms with Crippen molar-refractivity contribution in [2.24, 2.45) is 11.8 Å². The maximum atomic E-state index is 12.8. The Hall–Kier alpha value is -1.55. The van der Waals surface area contributed by atoms with Crippen LogP contribution in [0, 0.1) is 11.8 Å². The van der Waals surface area contributed by atoms with Crippen LogP contribution in [0.15, 0.2) is 48.5 Å². The van der Waals surface area contributed by atoms with Crippen LogP contribution in [0.5, 0.6) is 0 Å². The van der Waals surface area contributed by atoms with Gasteiger partial charge in [-0.3, -0.25) is 4.79 Å². The predicted octanol–water partition coefficient (Wildman–Crippen LogP) is 5.80. The van der Waals surface area contributed by atoms with Gasteiger partial charge in [-0.25, -0.2) is 0 Å². The largest absolute Gasteiger partial charge is 0.339 e. The maximum Gasteiger partial charge on any atom is 0.253 e. The number of likely N-dealkylation sites (tertiary alicyclic amines) is 2. The summed E-state index contributed by atoms with van der Waals surface area (Å²) < 4.78 is 0. The van der Waals surface area contributed by atoms with Crippen molar-refractivity contribution < 1.29 is 4.79 Å². The molecule has 0 aliphatic carbocycles. The van der Waals surface area contributed by atoms with Gasteiger partial charge in [0.2, 0.25) is 0 Å². The fourth-order valence-corrected chi connectivity index (χ4v) is 5.39. The number of nitrogens with zero attached hydrogens (tertiary/aromatic N) is 2. The summed E-state index contributed by atoms with van der Waals surface area (Å²) in [6.07, 6.45) is 5.94. The Morgan fingerprint density at radius 2 is 1.43 bits per heavy atom. The van der Waals surface area contributed by atoms with Crippen LogP contribution in [0.3, 0.4) is 0 Å². The molecule has 5 heteroatoms.